The van der Waals surface area contributed by atoms with Crippen molar-refractivity contribution in [2.75, 3.05) is 19.3 Å². The monoisotopic (exact) mass is 280 g/mol. The molecule has 5 heteroatoms. The van der Waals surface area contributed by atoms with Gasteiger partial charge in [0, 0.05) is 18.0 Å². The topological polar surface area (TPSA) is 44.1 Å². The normalized spacial score (nSPS) is 18.3. The first-order chi connectivity index (χ1) is 8.69. The fourth-order valence-corrected chi connectivity index (χ4v) is 3.53. The number of carbonyl (C=O) groups excluding carboxylic acids is 1. The minimum Gasteiger partial charge on any atom is -0.342 e. The molecule has 96 valence electrons. The van der Waals surface area contributed by atoms with E-state index in [9.17, 15) is 10.1 Å². The van der Waals surface area contributed by atoms with E-state index in [0.717, 1.165) is 17.7 Å². The third-order valence-corrected chi connectivity index (χ3v) is 5.58. The van der Waals surface area contributed by atoms with Crippen LogP contribution in [0.1, 0.15) is 17.7 Å². The van der Waals surface area contributed by atoms with Gasteiger partial charge in [-0.2, -0.15) is 5.26 Å². The summed E-state index contributed by atoms with van der Waals surface area (Å²) in [4.78, 5) is 15.1. The number of carbonyl (C=O) groups is 1. The average molecular weight is 280 g/mol. The molecule has 0 spiro atoms. The first-order valence-corrected chi connectivity index (χ1v) is 8.06. The van der Waals surface area contributed by atoms with Gasteiger partial charge in [-0.1, -0.05) is 6.07 Å². The molecule has 0 aliphatic carbocycles. The lowest BCUT2D eigenvalue weighted by molar-refractivity contribution is -0.131. The molecule has 1 aromatic rings. The lowest BCUT2D eigenvalue weighted by Crippen LogP contribution is -2.44. The number of thiophene rings is 1. The highest BCUT2D eigenvalue weighted by molar-refractivity contribution is 8.00. The molecular weight excluding hydrogens is 264 g/mol. The number of hydrogen-bond acceptors (Lipinski definition) is 4. The van der Waals surface area contributed by atoms with Crippen LogP contribution in [0.15, 0.2) is 17.5 Å². The average Bonchev–Trinajstić information content (AvgIpc) is 2.91. The number of nitrogens with zero attached hydrogens (tertiary/aromatic N) is 2. The molecule has 0 unspecified atom stereocenters. The Morgan fingerprint density at radius 2 is 2.33 bits per heavy atom. The van der Waals surface area contributed by atoms with Crippen molar-refractivity contribution in [3.05, 3.63) is 22.4 Å². The molecule has 0 atom stereocenters. The summed E-state index contributed by atoms with van der Waals surface area (Å²) < 4.78 is -0.278. The Bertz CT molecular complexity index is 442. The molecule has 1 amide bonds. The van der Waals surface area contributed by atoms with Gasteiger partial charge in [-0.25, -0.2) is 0 Å². The van der Waals surface area contributed by atoms with E-state index in [0.29, 0.717) is 19.5 Å². The Morgan fingerprint density at radius 3 is 2.83 bits per heavy atom. The molecule has 1 aliphatic rings. The minimum atomic E-state index is -0.278. The molecule has 0 bridgehead atoms. The molecule has 0 saturated carbocycles. The summed E-state index contributed by atoms with van der Waals surface area (Å²) in [7, 11) is 0. The highest BCUT2D eigenvalue weighted by Crippen LogP contribution is 2.33. The summed E-state index contributed by atoms with van der Waals surface area (Å²) in [6, 6.07) is 6.36. The zero-order valence-corrected chi connectivity index (χ0v) is 12.0. The van der Waals surface area contributed by atoms with Crippen molar-refractivity contribution >= 4 is 29.0 Å². The third-order valence-electron chi connectivity index (χ3n) is 3.42. The molecule has 2 heterocycles. The van der Waals surface area contributed by atoms with Crippen molar-refractivity contribution in [2.24, 2.45) is 0 Å². The van der Waals surface area contributed by atoms with Gasteiger partial charge in [0.2, 0.25) is 5.91 Å². The van der Waals surface area contributed by atoms with Crippen LogP contribution in [-0.2, 0) is 11.2 Å². The number of piperidine rings is 1. The van der Waals surface area contributed by atoms with Gasteiger partial charge in [0.25, 0.3) is 0 Å². The van der Waals surface area contributed by atoms with Crippen molar-refractivity contribution in [2.45, 2.75) is 24.0 Å². The summed E-state index contributed by atoms with van der Waals surface area (Å²) in [6.07, 6.45) is 4.03. The van der Waals surface area contributed by atoms with Crippen LogP contribution in [0.3, 0.4) is 0 Å². The largest absolute Gasteiger partial charge is 0.342 e. The second kappa shape index (κ2) is 5.77. The summed E-state index contributed by atoms with van der Waals surface area (Å²) in [6.45, 7) is 1.41. The summed E-state index contributed by atoms with van der Waals surface area (Å²) in [5.74, 6) is 0.185. The lowest BCUT2D eigenvalue weighted by Gasteiger charge is -2.36. The molecule has 1 fully saturated rings. The lowest BCUT2D eigenvalue weighted by atomic mass is 9.97. The van der Waals surface area contributed by atoms with Gasteiger partial charge in [-0.05, 0) is 30.5 Å². The van der Waals surface area contributed by atoms with Crippen LogP contribution >= 0.6 is 23.1 Å². The van der Waals surface area contributed by atoms with Crippen LogP contribution in [0.2, 0.25) is 0 Å². The number of nitriles is 1. The number of hydrogen-bond donors (Lipinski definition) is 0. The Hall–Kier alpha value is -0.990. The molecule has 1 aromatic heterocycles. The van der Waals surface area contributed by atoms with E-state index in [1.807, 2.05) is 28.7 Å². The molecular formula is C13H16N2OS2. The second-order valence-corrected chi connectivity index (χ2v) is 6.67. The molecule has 1 aliphatic heterocycles. The van der Waals surface area contributed by atoms with E-state index < -0.39 is 0 Å². The van der Waals surface area contributed by atoms with Gasteiger partial charge in [0.05, 0.1) is 12.5 Å². The van der Waals surface area contributed by atoms with Gasteiger partial charge in [-0.15, -0.1) is 23.1 Å². The van der Waals surface area contributed by atoms with Crippen molar-refractivity contribution in [1.29, 1.82) is 5.26 Å². The highest BCUT2D eigenvalue weighted by Gasteiger charge is 2.35. The zero-order chi connectivity index (χ0) is 13.0. The van der Waals surface area contributed by atoms with Gasteiger partial charge in [0.1, 0.15) is 4.75 Å². The third kappa shape index (κ3) is 2.88. The second-order valence-electron chi connectivity index (χ2n) is 4.45. The van der Waals surface area contributed by atoms with Crippen molar-refractivity contribution in [1.82, 2.24) is 4.90 Å². The predicted molar refractivity (Wildman–Crippen MR) is 75.7 cm³/mol. The smallest absolute Gasteiger partial charge is 0.227 e. The quantitative estimate of drug-likeness (QED) is 0.854. The van der Waals surface area contributed by atoms with E-state index >= 15 is 0 Å². The van der Waals surface area contributed by atoms with Crippen LogP contribution in [0, 0.1) is 11.3 Å². The SMILES string of the molecule is CSC1(C#N)CCN(C(=O)Cc2cccs2)CC1. The van der Waals surface area contributed by atoms with Crippen molar-refractivity contribution in [3.8, 4) is 6.07 Å². The van der Waals surface area contributed by atoms with Crippen LogP contribution in [-0.4, -0.2) is 34.9 Å². The number of rotatable bonds is 3. The molecule has 2 rings (SSSR count). The van der Waals surface area contributed by atoms with E-state index in [-0.39, 0.29) is 10.7 Å². The maximum atomic E-state index is 12.1. The van der Waals surface area contributed by atoms with Crippen LogP contribution in [0.25, 0.3) is 0 Å². The maximum Gasteiger partial charge on any atom is 0.227 e. The fraction of sp³-hybridized carbons (Fsp3) is 0.538. The standard InChI is InChI=1S/C13H16N2OS2/c1-17-13(10-14)4-6-15(7-5-13)12(16)9-11-3-2-8-18-11/h2-3,8H,4-7,9H2,1H3. The molecule has 0 N–H and O–H groups in total. The Balaban J connectivity index is 1.90. The number of amides is 1. The van der Waals surface area contributed by atoms with E-state index in [1.54, 1.807) is 23.1 Å². The molecule has 1 saturated heterocycles. The summed E-state index contributed by atoms with van der Waals surface area (Å²) >= 11 is 3.24. The predicted octanol–water partition coefficient (Wildman–Crippen LogP) is 2.54. The summed E-state index contributed by atoms with van der Waals surface area (Å²) in [5.41, 5.74) is 0. The highest BCUT2D eigenvalue weighted by atomic mass is 32.2. The van der Waals surface area contributed by atoms with Crippen LogP contribution in [0.4, 0.5) is 0 Å². The van der Waals surface area contributed by atoms with Crippen LogP contribution < -0.4 is 0 Å². The van der Waals surface area contributed by atoms with Gasteiger partial charge >= 0.3 is 0 Å². The molecule has 0 aromatic carbocycles. The Morgan fingerprint density at radius 1 is 1.61 bits per heavy atom. The van der Waals surface area contributed by atoms with E-state index in [1.165, 1.54) is 0 Å². The molecule has 0 radical (unpaired) electrons. The fourth-order valence-electron chi connectivity index (χ4n) is 2.15. The Kier molecular flexibility index (Phi) is 4.31. The number of likely N-dealkylation sites (tertiary alicyclic amines) is 1. The maximum absolute atomic E-state index is 12.1. The van der Waals surface area contributed by atoms with E-state index in [4.69, 9.17) is 0 Å². The Labute approximate surface area is 116 Å². The first kappa shape index (κ1) is 13.4. The summed E-state index contributed by atoms with van der Waals surface area (Å²) in [5, 5.41) is 11.2. The van der Waals surface area contributed by atoms with Gasteiger partial charge in [0.15, 0.2) is 0 Å². The molecule has 18 heavy (non-hydrogen) atoms. The zero-order valence-electron chi connectivity index (χ0n) is 10.4. The number of thioether (sulfide) groups is 1. The van der Waals surface area contributed by atoms with Gasteiger partial charge in [-0.3, -0.25) is 4.79 Å². The molecule has 3 nitrogen and oxygen atoms in total. The van der Waals surface area contributed by atoms with Gasteiger partial charge < -0.3 is 4.90 Å². The van der Waals surface area contributed by atoms with Crippen molar-refractivity contribution in [3.63, 3.8) is 0 Å². The van der Waals surface area contributed by atoms with E-state index in [2.05, 4.69) is 6.07 Å². The first-order valence-electron chi connectivity index (χ1n) is 5.96. The van der Waals surface area contributed by atoms with Crippen LogP contribution in [0.5, 0.6) is 0 Å². The van der Waals surface area contributed by atoms with Crippen molar-refractivity contribution < 1.29 is 4.79 Å². The minimum absolute atomic E-state index is 0.185.